The first kappa shape index (κ1) is 18.2. The molecule has 1 aliphatic rings. The van der Waals surface area contributed by atoms with E-state index >= 15 is 0 Å². The number of benzene rings is 2. The number of nitrogens with zero attached hydrogens (tertiary/aromatic N) is 4. The maximum absolute atomic E-state index is 13.6. The highest BCUT2D eigenvalue weighted by atomic mass is 32.2. The Morgan fingerprint density at radius 3 is 2.82 bits per heavy atom. The molecule has 0 bridgehead atoms. The molecule has 142 valence electrons. The number of carbonyl (C=O) groups excluding carboxylic acids is 2. The summed E-state index contributed by atoms with van der Waals surface area (Å²) < 4.78 is 15.5. The quantitative estimate of drug-likeness (QED) is 0.732. The number of hydrogen-bond acceptors (Lipinski definition) is 5. The predicted molar refractivity (Wildman–Crippen MR) is 106 cm³/mol. The normalized spacial score (nSPS) is 14.4. The van der Waals surface area contributed by atoms with E-state index in [1.54, 1.807) is 12.1 Å². The van der Waals surface area contributed by atoms with E-state index in [1.165, 1.54) is 12.1 Å². The Morgan fingerprint density at radius 1 is 1.25 bits per heavy atom. The Balaban J connectivity index is 1.74. The minimum atomic E-state index is -0.626. The molecule has 0 atom stereocenters. The minimum absolute atomic E-state index is 0.259. The molecule has 9 heteroatoms. The Bertz CT molecular complexity index is 1140. The zero-order valence-corrected chi connectivity index (χ0v) is 15.7. The first-order valence-electron chi connectivity index (χ1n) is 8.45. The first-order valence-corrected chi connectivity index (χ1v) is 9.44. The van der Waals surface area contributed by atoms with Crippen LogP contribution in [0.25, 0.3) is 22.4 Å². The number of carbonyl (C=O) groups is 2. The first-order chi connectivity index (χ1) is 13.4. The van der Waals surface area contributed by atoms with Gasteiger partial charge in [-0.1, -0.05) is 30.0 Å². The van der Waals surface area contributed by atoms with Crippen molar-refractivity contribution in [2.75, 3.05) is 12.3 Å². The van der Waals surface area contributed by atoms with E-state index in [4.69, 9.17) is 5.73 Å². The van der Waals surface area contributed by atoms with Crippen molar-refractivity contribution in [3.63, 3.8) is 0 Å². The second-order valence-corrected chi connectivity index (χ2v) is 7.26. The number of halogens is 1. The molecule has 2 amide bonds. The topological polar surface area (TPSA) is 93.6 Å². The van der Waals surface area contributed by atoms with Gasteiger partial charge in [-0.15, -0.1) is 0 Å². The molecule has 1 aliphatic heterocycles. The Morgan fingerprint density at radius 2 is 2.07 bits per heavy atom. The fourth-order valence-corrected chi connectivity index (χ4v) is 3.81. The SMILES string of the molecule is Cn1c(-c2cccc(F)c2)nc2cc(C3=NN(CC(N)=O)C(=O)SC3)ccc21. The van der Waals surface area contributed by atoms with Gasteiger partial charge in [0.2, 0.25) is 5.91 Å². The lowest BCUT2D eigenvalue weighted by Gasteiger charge is -2.21. The van der Waals surface area contributed by atoms with E-state index in [0.29, 0.717) is 22.9 Å². The molecule has 0 saturated carbocycles. The molecule has 7 nitrogen and oxygen atoms in total. The van der Waals surface area contributed by atoms with Crippen molar-refractivity contribution >= 4 is 39.7 Å². The second-order valence-electron chi connectivity index (χ2n) is 6.33. The third-order valence-electron chi connectivity index (χ3n) is 4.39. The summed E-state index contributed by atoms with van der Waals surface area (Å²) in [5.74, 6) is 0.0949. The van der Waals surface area contributed by atoms with Crippen molar-refractivity contribution in [1.82, 2.24) is 14.6 Å². The lowest BCUT2D eigenvalue weighted by atomic mass is 10.1. The highest BCUT2D eigenvalue weighted by Crippen LogP contribution is 2.26. The van der Waals surface area contributed by atoms with E-state index in [-0.39, 0.29) is 17.6 Å². The Kier molecular flexibility index (Phi) is 4.60. The predicted octanol–water partition coefficient (Wildman–Crippen LogP) is 2.74. The van der Waals surface area contributed by atoms with Crippen LogP contribution in [0.5, 0.6) is 0 Å². The van der Waals surface area contributed by atoms with Gasteiger partial charge in [-0.3, -0.25) is 9.59 Å². The van der Waals surface area contributed by atoms with Crippen molar-refractivity contribution in [2.45, 2.75) is 0 Å². The third-order valence-corrected chi connectivity index (χ3v) is 5.26. The van der Waals surface area contributed by atoms with Crippen LogP contribution in [0.15, 0.2) is 47.6 Å². The number of thioether (sulfide) groups is 1. The van der Waals surface area contributed by atoms with Crippen molar-refractivity contribution in [1.29, 1.82) is 0 Å². The molecule has 4 rings (SSSR count). The molecule has 0 radical (unpaired) electrons. The molecular formula is C19H16FN5O2S. The average Bonchev–Trinajstić information content (AvgIpc) is 2.99. The molecule has 0 unspecified atom stereocenters. The Labute approximate surface area is 164 Å². The van der Waals surface area contributed by atoms with Crippen LogP contribution in [-0.4, -0.2) is 43.7 Å². The molecule has 0 fully saturated rings. The number of hydrazone groups is 1. The van der Waals surface area contributed by atoms with Gasteiger partial charge in [0.1, 0.15) is 18.2 Å². The van der Waals surface area contributed by atoms with E-state index in [1.807, 2.05) is 29.8 Å². The molecule has 28 heavy (non-hydrogen) atoms. The highest BCUT2D eigenvalue weighted by Gasteiger charge is 2.24. The van der Waals surface area contributed by atoms with Gasteiger partial charge in [0, 0.05) is 23.9 Å². The summed E-state index contributed by atoms with van der Waals surface area (Å²) in [7, 11) is 1.87. The number of aromatic nitrogens is 2. The number of amides is 2. The van der Waals surface area contributed by atoms with Gasteiger partial charge in [0.05, 0.1) is 16.7 Å². The van der Waals surface area contributed by atoms with Gasteiger partial charge < -0.3 is 10.3 Å². The molecule has 2 N–H and O–H groups in total. The monoisotopic (exact) mass is 397 g/mol. The lowest BCUT2D eigenvalue weighted by Crippen LogP contribution is -2.36. The number of fused-ring (bicyclic) bond motifs is 1. The largest absolute Gasteiger partial charge is 0.368 e. The van der Waals surface area contributed by atoms with Crippen LogP contribution in [0, 0.1) is 5.82 Å². The molecular weight excluding hydrogens is 381 g/mol. The van der Waals surface area contributed by atoms with Gasteiger partial charge in [-0.25, -0.2) is 14.4 Å². The summed E-state index contributed by atoms with van der Waals surface area (Å²) in [6.07, 6.45) is 0. The Hall–Kier alpha value is -3.20. The van der Waals surface area contributed by atoms with Gasteiger partial charge in [-0.05, 0) is 24.3 Å². The van der Waals surface area contributed by atoms with Crippen LogP contribution in [0.2, 0.25) is 0 Å². The summed E-state index contributed by atoms with van der Waals surface area (Å²) in [6.45, 7) is -0.259. The van der Waals surface area contributed by atoms with E-state index in [0.717, 1.165) is 33.4 Å². The zero-order valence-electron chi connectivity index (χ0n) is 14.9. The van der Waals surface area contributed by atoms with Crippen LogP contribution in [0.1, 0.15) is 5.56 Å². The maximum Gasteiger partial charge on any atom is 0.302 e. The molecule has 2 heterocycles. The van der Waals surface area contributed by atoms with Crippen molar-refractivity contribution in [3.8, 4) is 11.4 Å². The molecule has 2 aromatic carbocycles. The van der Waals surface area contributed by atoms with E-state index in [2.05, 4.69) is 10.1 Å². The number of hydrogen-bond donors (Lipinski definition) is 1. The number of aryl methyl sites for hydroxylation is 1. The van der Waals surface area contributed by atoms with Gasteiger partial charge in [0.15, 0.2) is 0 Å². The molecule has 3 aromatic rings. The lowest BCUT2D eigenvalue weighted by molar-refractivity contribution is -0.118. The molecule has 1 aromatic heterocycles. The molecule has 0 saturated heterocycles. The summed E-state index contributed by atoms with van der Waals surface area (Å²) in [4.78, 5) is 27.7. The van der Waals surface area contributed by atoms with Gasteiger partial charge in [0.25, 0.3) is 0 Å². The van der Waals surface area contributed by atoms with Gasteiger partial charge in [-0.2, -0.15) is 5.10 Å². The number of primary amides is 1. The third kappa shape index (κ3) is 3.36. The maximum atomic E-state index is 13.6. The zero-order chi connectivity index (χ0) is 19.8. The van der Waals surface area contributed by atoms with Crippen LogP contribution in [-0.2, 0) is 11.8 Å². The summed E-state index contributed by atoms with van der Waals surface area (Å²) >= 11 is 1.06. The number of imidazole rings is 1. The number of nitrogens with two attached hydrogens (primary N) is 1. The average molecular weight is 397 g/mol. The van der Waals surface area contributed by atoms with Crippen molar-refractivity contribution < 1.29 is 14.0 Å². The fourth-order valence-electron chi connectivity index (χ4n) is 3.07. The highest BCUT2D eigenvalue weighted by molar-refractivity contribution is 8.14. The van der Waals surface area contributed by atoms with Gasteiger partial charge >= 0.3 is 5.24 Å². The second kappa shape index (κ2) is 7.08. The van der Waals surface area contributed by atoms with E-state index in [9.17, 15) is 14.0 Å². The summed E-state index contributed by atoms with van der Waals surface area (Å²) in [5.41, 5.74) is 8.93. The summed E-state index contributed by atoms with van der Waals surface area (Å²) in [6, 6.07) is 11.9. The van der Waals surface area contributed by atoms with Crippen molar-refractivity contribution in [3.05, 3.63) is 53.8 Å². The fraction of sp³-hybridized carbons (Fsp3) is 0.158. The summed E-state index contributed by atoms with van der Waals surface area (Å²) in [5, 5.41) is 5.04. The van der Waals surface area contributed by atoms with Crippen LogP contribution < -0.4 is 5.73 Å². The molecule has 0 spiro atoms. The van der Waals surface area contributed by atoms with E-state index < -0.39 is 5.91 Å². The van der Waals surface area contributed by atoms with Crippen LogP contribution in [0.3, 0.4) is 0 Å². The molecule has 0 aliphatic carbocycles. The van der Waals surface area contributed by atoms with Crippen LogP contribution in [0.4, 0.5) is 9.18 Å². The standard InChI is InChI=1S/C19H16FN5O2S/c1-24-16-6-5-11(15-10-28-19(27)25(23-15)9-17(21)26)8-14(16)22-18(24)12-3-2-4-13(20)7-12/h2-8H,9-10H2,1H3,(H2,21,26). The minimum Gasteiger partial charge on any atom is -0.368 e. The van der Waals surface area contributed by atoms with Crippen LogP contribution >= 0.6 is 11.8 Å². The number of rotatable bonds is 4. The van der Waals surface area contributed by atoms with Crippen molar-refractivity contribution in [2.24, 2.45) is 17.9 Å². The smallest absolute Gasteiger partial charge is 0.302 e.